The number of carboxylic acid groups (broad SMARTS) is 1. The van der Waals surface area contributed by atoms with Crippen molar-refractivity contribution >= 4 is 5.97 Å². The minimum Gasteiger partial charge on any atom is -0.479 e. The summed E-state index contributed by atoms with van der Waals surface area (Å²) in [5.74, 6) is -0.848. The summed E-state index contributed by atoms with van der Waals surface area (Å²) in [6, 6.07) is 9.60. The van der Waals surface area contributed by atoms with E-state index in [-0.39, 0.29) is 5.92 Å². The highest BCUT2D eigenvalue weighted by atomic mass is 16.5. The number of aliphatic carboxylic acids is 1. The van der Waals surface area contributed by atoms with Crippen molar-refractivity contribution in [1.29, 1.82) is 0 Å². The van der Waals surface area contributed by atoms with Gasteiger partial charge in [-0.1, -0.05) is 30.3 Å². The lowest BCUT2D eigenvalue weighted by atomic mass is 9.90. The van der Waals surface area contributed by atoms with E-state index in [1.165, 1.54) is 0 Å². The molecule has 1 fully saturated rings. The molecule has 13 heavy (non-hydrogen) atoms. The Morgan fingerprint density at radius 1 is 1.38 bits per heavy atom. The van der Waals surface area contributed by atoms with Gasteiger partial charge in [0.1, 0.15) is 0 Å². The van der Waals surface area contributed by atoms with Crippen molar-refractivity contribution in [2.75, 3.05) is 6.61 Å². The lowest BCUT2D eigenvalue weighted by Gasteiger charge is -2.33. The first kappa shape index (κ1) is 8.26. The van der Waals surface area contributed by atoms with Crippen LogP contribution in [0.2, 0.25) is 0 Å². The van der Waals surface area contributed by atoms with Crippen LogP contribution in [0.25, 0.3) is 0 Å². The van der Waals surface area contributed by atoms with Crippen molar-refractivity contribution in [2.45, 2.75) is 12.0 Å². The average Bonchev–Trinajstić information content (AvgIpc) is 2.02. The predicted octanol–water partition coefficient (Wildman–Crippen LogP) is 1.25. The van der Waals surface area contributed by atoms with E-state index < -0.39 is 12.1 Å². The summed E-state index contributed by atoms with van der Waals surface area (Å²) in [4.78, 5) is 10.6. The van der Waals surface area contributed by atoms with Crippen molar-refractivity contribution in [2.24, 2.45) is 0 Å². The van der Waals surface area contributed by atoms with Crippen LogP contribution in [0.15, 0.2) is 30.3 Å². The molecule has 2 rings (SSSR count). The number of hydrogen-bond donors (Lipinski definition) is 1. The highest BCUT2D eigenvalue weighted by molar-refractivity contribution is 5.75. The normalized spacial score (nSPS) is 26.5. The van der Waals surface area contributed by atoms with Crippen LogP contribution in [-0.4, -0.2) is 23.8 Å². The van der Waals surface area contributed by atoms with Crippen molar-refractivity contribution in [3.8, 4) is 0 Å². The molecule has 0 aliphatic carbocycles. The highest BCUT2D eigenvalue weighted by Gasteiger charge is 2.38. The van der Waals surface area contributed by atoms with E-state index >= 15 is 0 Å². The lowest BCUT2D eigenvalue weighted by molar-refractivity contribution is -0.167. The van der Waals surface area contributed by atoms with E-state index in [1.54, 1.807) is 0 Å². The zero-order valence-corrected chi connectivity index (χ0v) is 7.01. The molecule has 0 aromatic heterocycles. The fourth-order valence-corrected chi connectivity index (χ4v) is 1.50. The third-order valence-electron chi connectivity index (χ3n) is 2.29. The SMILES string of the molecule is O=C(O)[C@@H]1OC[C@H]1c1ccccc1. The number of carboxylic acids is 1. The first-order valence-electron chi connectivity index (χ1n) is 4.18. The largest absolute Gasteiger partial charge is 0.479 e. The molecule has 1 heterocycles. The van der Waals surface area contributed by atoms with Crippen LogP contribution in [0.4, 0.5) is 0 Å². The Labute approximate surface area is 76.0 Å². The van der Waals surface area contributed by atoms with Crippen LogP contribution in [0.1, 0.15) is 11.5 Å². The summed E-state index contributed by atoms with van der Waals surface area (Å²) < 4.78 is 4.96. The number of benzene rings is 1. The summed E-state index contributed by atoms with van der Waals surface area (Å²) in [6.45, 7) is 0.515. The molecule has 1 aromatic rings. The monoisotopic (exact) mass is 178 g/mol. The van der Waals surface area contributed by atoms with Gasteiger partial charge in [-0.15, -0.1) is 0 Å². The van der Waals surface area contributed by atoms with Crippen molar-refractivity contribution in [1.82, 2.24) is 0 Å². The fourth-order valence-electron chi connectivity index (χ4n) is 1.50. The molecule has 1 N–H and O–H groups in total. The molecule has 1 saturated heterocycles. The Morgan fingerprint density at radius 2 is 2.08 bits per heavy atom. The van der Waals surface area contributed by atoms with Crippen LogP contribution >= 0.6 is 0 Å². The van der Waals surface area contributed by atoms with Gasteiger partial charge in [-0.2, -0.15) is 0 Å². The number of rotatable bonds is 2. The molecule has 68 valence electrons. The van der Waals surface area contributed by atoms with Gasteiger partial charge in [0.15, 0.2) is 6.10 Å². The summed E-state index contributed by atoms with van der Waals surface area (Å²) in [7, 11) is 0. The minimum absolute atomic E-state index is 0.0266. The number of ether oxygens (including phenoxy) is 1. The predicted molar refractivity (Wildman–Crippen MR) is 46.6 cm³/mol. The van der Waals surface area contributed by atoms with Gasteiger partial charge in [-0.3, -0.25) is 0 Å². The van der Waals surface area contributed by atoms with Gasteiger partial charge in [-0.25, -0.2) is 4.79 Å². The van der Waals surface area contributed by atoms with Crippen molar-refractivity contribution < 1.29 is 14.6 Å². The number of carbonyl (C=O) groups is 1. The van der Waals surface area contributed by atoms with Gasteiger partial charge in [0.05, 0.1) is 6.61 Å². The molecule has 3 heteroatoms. The van der Waals surface area contributed by atoms with E-state index in [0.29, 0.717) is 6.61 Å². The van der Waals surface area contributed by atoms with Gasteiger partial charge in [-0.05, 0) is 5.56 Å². The smallest absolute Gasteiger partial charge is 0.333 e. The zero-order valence-electron chi connectivity index (χ0n) is 7.01. The third kappa shape index (κ3) is 1.42. The minimum atomic E-state index is -0.875. The summed E-state index contributed by atoms with van der Waals surface area (Å²) in [5.41, 5.74) is 1.04. The fraction of sp³-hybridized carbons (Fsp3) is 0.300. The highest BCUT2D eigenvalue weighted by Crippen LogP contribution is 2.30. The molecule has 1 aliphatic heterocycles. The molecule has 3 nitrogen and oxygen atoms in total. The lowest BCUT2D eigenvalue weighted by Crippen LogP contribution is -2.43. The van der Waals surface area contributed by atoms with E-state index in [4.69, 9.17) is 9.84 Å². The second-order valence-electron chi connectivity index (χ2n) is 3.11. The summed E-state index contributed by atoms with van der Waals surface area (Å²) in [5, 5.41) is 8.74. The van der Waals surface area contributed by atoms with Crippen molar-refractivity contribution in [3.63, 3.8) is 0 Å². The molecule has 0 unspecified atom stereocenters. The van der Waals surface area contributed by atoms with Crippen LogP contribution in [0, 0.1) is 0 Å². The topological polar surface area (TPSA) is 46.5 Å². The van der Waals surface area contributed by atoms with Crippen LogP contribution in [-0.2, 0) is 9.53 Å². The molecule has 0 spiro atoms. The van der Waals surface area contributed by atoms with E-state index in [2.05, 4.69) is 0 Å². The van der Waals surface area contributed by atoms with Gasteiger partial charge in [0, 0.05) is 5.92 Å². The third-order valence-corrected chi connectivity index (χ3v) is 2.29. The summed E-state index contributed by atoms with van der Waals surface area (Å²) >= 11 is 0. The molecule has 0 saturated carbocycles. The molecule has 0 radical (unpaired) electrons. The Morgan fingerprint density at radius 3 is 2.54 bits per heavy atom. The van der Waals surface area contributed by atoms with Gasteiger partial charge >= 0.3 is 5.97 Å². The zero-order chi connectivity index (χ0) is 9.26. The standard InChI is InChI=1S/C10H10O3/c11-10(12)9-8(6-13-9)7-4-2-1-3-5-7/h1-5,8-9H,6H2,(H,11,12)/t8-,9+/m0/s1. The Bertz CT molecular complexity index is 307. The first-order valence-corrected chi connectivity index (χ1v) is 4.18. The Hall–Kier alpha value is -1.35. The second-order valence-corrected chi connectivity index (χ2v) is 3.11. The van der Waals surface area contributed by atoms with E-state index in [1.807, 2.05) is 30.3 Å². The summed E-state index contributed by atoms with van der Waals surface area (Å²) in [6.07, 6.45) is -0.651. The Balaban J connectivity index is 2.15. The van der Waals surface area contributed by atoms with Crippen LogP contribution < -0.4 is 0 Å². The van der Waals surface area contributed by atoms with E-state index in [9.17, 15) is 4.79 Å². The van der Waals surface area contributed by atoms with Gasteiger partial charge in [0.2, 0.25) is 0 Å². The molecule has 2 atom stereocenters. The van der Waals surface area contributed by atoms with Crippen molar-refractivity contribution in [3.05, 3.63) is 35.9 Å². The maximum atomic E-state index is 10.6. The maximum absolute atomic E-state index is 10.6. The van der Waals surface area contributed by atoms with Crippen LogP contribution in [0.3, 0.4) is 0 Å². The quantitative estimate of drug-likeness (QED) is 0.741. The number of hydrogen-bond acceptors (Lipinski definition) is 2. The second kappa shape index (κ2) is 3.18. The molecule has 0 amide bonds. The van der Waals surface area contributed by atoms with Gasteiger partial charge < -0.3 is 9.84 Å². The average molecular weight is 178 g/mol. The van der Waals surface area contributed by atoms with E-state index in [0.717, 1.165) is 5.56 Å². The van der Waals surface area contributed by atoms with Crippen LogP contribution in [0.5, 0.6) is 0 Å². The Kier molecular flexibility index (Phi) is 2.02. The molecule has 1 aliphatic rings. The molecular weight excluding hydrogens is 168 g/mol. The molecular formula is C10H10O3. The van der Waals surface area contributed by atoms with Gasteiger partial charge in [0.25, 0.3) is 0 Å². The molecule has 0 bridgehead atoms. The molecule has 1 aromatic carbocycles. The first-order chi connectivity index (χ1) is 6.29. The maximum Gasteiger partial charge on any atom is 0.333 e.